The summed E-state index contributed by atoms with van der Waals surface area (Å²) in [6, 6.07) is 14.5. The maximum Gasteiger partial charge on any atom is 0.269 e. The van der Waals surface area contributed by atoms with Gasteiger partial charge in [-0.1, -0.05) is 12.1 Å². The van der Waals surface area contributed by atoms with E-state index in [1.807, 2.05) is 6.07 Å². The first-order valence-electron chi connectivity index (χ1n) is 5.06. The first-order valence-corrected chi connectivity index (χ1v) is 5.06. The van der Waals surface area contributed by atoms with Gasteiger partial charge in [0, 0.05) is 12.1 Å². The van der Waals surface area contributed by atoms with E-state index in [4.69, 9.17) is 4.74 Å². The van der Waals surface area contributed by atoms with Gasteiger partial charge >= 0.3 is 0 Å². The Morgan fingerprint density at radius 1 is 1.35 bits per heavy atom. The fraction of sp³-hybridized carbons (Fsp3) is 0.0769. The Kier molecular flexibility index (Phi) is 3.05. The van der Waals surface area contributed by atoms with Crippen LogP contribution >= 0.6 is 0 Å². The lowest BCUT2D eigenvalue weighted by atomic mass is 10.2. The molecule has 0 atom stereocenters. The molecule has 0 saturated heterocycles. The van der Waals surface area contributed by atoms with Crippen molar-refractivity contribution in [1.82, 2.24) is 0 Å². The molecule has 0 aromatic heterocycles. The largest absolute Gasteiger partial charge is 0.457 e. The molecule has 0 saturated carbocycles. The molecular formula is C13H10NO3. The third-order valence-corrected chi connectivity index (χ3v) is 2.28. The summed E-state index contributed by atoms with van der Waals surface area (Å²) in [6.07, 6.45) is 0. The highest BCUT2D eigenvalue weighted by Gasteiger charge is 2.09. The fourth-order valence-electron chi connectivity index (χ4n) is 1.43. The molecule has 17 heavy (non-hydrogen) atoms. The van der Waals surface area contributed by atoms with Gasteiger partial charge < -0.3 is 4.74 Å². The lowest BCUT2D eigenvalue weighted by Crippen LogP contribution is -1.91. The standard InChI is InChI=1S/C13H10NO3/c1-10-9-11(14(15)16)7-8-13(10)17-12-5-3-2-4-6-12/h2-3,5-9H,1H3. The van der Waals surface area contributed by atoms with Gasteiger partial charge in [0.25, 0.3) is 5.69 Å². The van der Waals surface area contributed by atoms with Crippen LogP contribution in [0.15, 0.2) is 42.5 Å². The molecule has 2 aromatic rings. The first kappa shape index (κ1) is 11.1. The Balaban J connectivity index is 2.26. The number of ether oxygens (including phenoxy) is 1. The quantitative estimate of drug-likeness (QED) is 0.596. The van der Waals surface area contributed by atoms with Crippen LogP contribution in [0.1, 0.15) is 5.56 Å². The van der Waals surface area contributed by atoms with E-state index in [1.165, 1.54) is 12.1 Å². The molecule has 0 N–H and O–H groups in total. The number of benzene rings is 2. The lowest BCUT2D eigenvalue weighted by molar-refractivity contribution is -0.384. The van der Waals surface area contributed by atoms with Gasteiger partial charge in [-0.2, -0.15) is 0 Å². The van der Waals surface area contributed by atoms with E-state index in [0.29, 0.717) is 11.5 Å². The molecule has 85 valence electrons. The van der Waals surface area contributed by atoms with Gasteiger partial charge in [0.05, 0.1) is 4.92 Å². The van der Waals surface area contributed by atoms with Crippen molar-refractivity contribution >= 4 is 5.69 Å². The summed E-state index contributed by atoms with van der Waals surface area (Å²) in [5, 5.41) is 10.6. The fourth-order valence-corrected chi connectivity index (χ4v) is 1.43. The number of hydrogen-bond donors (Lipinski definition) is 0. The van der Waals surface area contributed by atoms with Crippen LogP contribution in [0, 0.1) is 23.1 Å². The van der Waals surface area contributed by atoms with Crippen molar-refractivity contribution in [1.29, 1.82) is 0 Å². The smallest absolute Gasteiger partial charge is 0.269 e. The lowest BCUT2D eigenvalue weighted by Gasteiger charge is -2.07. The van der Waals surface area contributed by atoms with E-state index in [0.717, 1.165) is 5.56 Å². The summed E-state index contributed by atoms with van der Waals surface area (Å²) in [4.78, 5) is 10.2. The van der Waals surface area contributed by atoms with Crippen LogP contribution in [0.2, 0.25) is 0 Å². The second-order valence-electron chi connectivity index (χ2n) is 3.55. The van der Waals surface area contributed by atoms with Gasteiger partial charge in [-0.15, -0.1) is 0 Å². The molecule has 2 rings (SSSR count). The second kappa shape index (κ2) is 4.65. The zero-order valence-corrected chi connectivity index (χ0v) is 9.21. The Labute approximate surface area is 98.6 Å². The summed E-state index contributed by atoms with van der Waals surface area (Å²) in [6.45, 7) is 1.77. The van der Waals surface area contributed by atoms with E-state index in [-0.39, 0.29) is 5.69 Å². The molecule has 0 bridgehead atoms. The zero-order valence-electron chi connectivity index (χ0n) is 9.21. The highest BCUT2D eigenvalue weighted by molar-refractivity contribution is 5.44. The summed E-state index contributed by atoms with van der Waals surface area (Å²) in [5.41, 5.74) is 0.789. The van der Waals surface area contributed by atoms with Gasteiger partial charge in [-0.25, -0.2) is 0 Å². The number of nitrogens with zero attached hydrogens (tertiary/aromatic N) is 1. The molecule has 0 fully saturated rings. The summed E-state index contributed by atoms with van der Waals surface area (Å²) >= 11 is 0. The minimum Gasteiger partial charge on any atom is -0.457 e. The molecule has 0 amide bonds. The van der Waals surface area contributed by atoms with Crippen molar-refractivity contribution in [2.45, 2.75) is 6.92 Å². The minimum absolute atomic E-state index is 0.0643. The minimum atomic E-state index is -0.424. The normalized spacial score (nSPS) is 9.94. The van der Waals surface area contributed by atoms with Crippen LogP contribution < -0.4 is 4.74 Å². The van der Waals surface area contributed by atoms with Crippen molar-refractivity contribution < 1.29 is 9.66 Å². The average Bonchev–Trinajstić information content (AvgIpc) is 2.33. The molecule has 4 nitrogen and oxygen atoms in total. The molecule has 0 aliphatic heterocycles. The van der Waals surface area contributed by atoms with E-state index >= 15 is 0 Å². The number of aryl methyl sites for hydroxylation is 1. The maximum atomic E-state index is 10.6. The van der Waals surface area contributed by atoms with Crippen molar-refractivity contribution in [3.8, 4) is 11.5 Å². The molecule has 0 unspecified atom stereocenters. The molecular weight excluding hydrogens is 218 g/mol. The van der Waals surface area contributed by atoms with Gasteiger partial charge in [0.1, 0.15) is 11.5 Å². The van der Waals surface area contributed by atoms with Gasteiger partial charge in [-0.05, 0) is 36.8 Å². The Morgan fingerprint density at radius 2 is 2.18 bits per heavy atom. The molecule has 0 spiro atoms. The molecule has 0 aliphatic rings. The highest BCUT2D eigenvalue weighted by atomic mass is 16.6. The van der Waals surface area contributed by atoms with Crippen LogP contribution in [-0.2, 0) is 0 Å². The topological polar surface area (TPSA) is 52.4 Å². The Hall–Kier alpha value is -2.36. The van der Waals surface area contributed by atoms with E-state index < -0.39 is 4.92 Å². The van der Waals surface area contributed by atoms with Crippen molar-refractivity contribution in [3.05, 3.63) is 64.2 Å². The second-order valence-corrected chi connectivity index (χ2v) is 3.55. The third kappa shape index (κ3) is 2.60. The summed E-state index contributed by atoms with van der Waals surface area (Å²) in [7, 11) is 0. The number of rotatable bonds is 3. The van der Waals surface area contributed by atoms with E-state index in [2.05, 4.69) is 6.07 Å². The highest BCUT2D eigenvalue weighted by Crippen LogP contribution is 2.27. The van der Waals surface area contributed by atoms with Crippen molar-refractivity contribution in [3.63, 3.8) is 0 Å². The monoisotopic (exact) mass is 228 g/mol. The van der Waals surface area contributed by atoms with Gasteiger partial charge in [0.15, 0.2) is 0 Å². The summed E-state index contributed by atoms with van der Waals surface area (Å²) < 4.78 is 5.59. The van der Waals surface area contributed by atoms with Gasteiger partial charge in [0.2, 0.25) is 0 Å². The maximum absolute atomic E-state index is 10.6. The predicted molar refractivity (Wildman–Crippen MR) is 63.2 cm³/mol. The predicted octanol–water partition coefficient (Wildman–Crippen LogP) is 3.50. The number of nitro groups is 1. The third-order valence-electron chi connectivity index (χ3n) is 2.28. The number of non-ortho nitro benzene ring substituents is 1. The average molecular weight is 228 g/mol. The SMILES string of the molecule is Cc1cc([N+](=O)[O-])ccc1Oc1c[c]ccc1. The molecule has 1 radical (unpaired) electrons. The summed E-state index contributed by atoms with van der Waals surface area (Å²) in [5.74, 6) is 1.26. The van der Waals surface area contributed by atoms with Crippen LogP contribution in [0.5, 0.6) is 11.5 Å². The van der Waals surface area contributed by atoms with Crippen LogP contribution in [-0.4, -0.2) is 4.92 Å². The Bertz CT molecular complexity index is 538. The van der Waals surface area contributed by atoms with Crippen molar-refractivity contribution in [2.75, 3.05) is 0 Å². The van der Waals surface area contributed by atoms with Gasteiger partial charge in [-0.3, -0.25) is 10.1 Å². The molecule has 0 aliphatic carbocycles. The molecule has 0 heterocycles. The van der Waals surface area contributed by atoms with E-state index in [9.17, 15) is 10.1 Å². The van der Waals surface area contributed by atoms with Crippen molar-refractivity contribution in [2.24, 2.45) is 0 Å². The van der Waals surface area contributed by atoms with Crippen LogP contribution in [0.3, 0.4) is 0 Å². The van der Waals surface area contributed by atoms with Crippen LogP contribution in [0.4, 0.5) is 5.69 Å². The number of hydrogen-bond acceptors (Lipinski definition) is 3. The molecule has 2 aromatic carbocycles. The van der Waals surface area contributed by atoms with Crippen LogP contribution in [0.25, 0.3) is 0 Å². The van der Waals surface area contributed by atoms with E-state index in [1.54, 1.807) is 31.2 Å². The number of nitro benzene ring substituents is 1. The first-order chi connectivity index (χ1) is 8.16. The zero-order chi connectivity index (χ0) is 12.3. The molecule has 4 heteroatoms. The Morgan fingerprint density at radius 3 is 2.76 bits per heavy atom.